The van der Waals surface area contributed by atoms with Gasteiger partial charge >= 0.3 is 0 Å². The molecule has 0 unspecified atom stereocenters. The Balaban J connectivity index is 1.41. The van der Waals surface area contributed by atoms with Crippen LogP contribution >= 0.6 is 11.6 Å². The molecule has 4 rings (SSSR count). The highest BCUT2D eigenvalue weighted by molar-refractivity contribution is 6.30. The number of fused-ring (bicyclic) bond motifs is 1. The lowest BCUT2D eigenvalue weighted by Gasteiger charge is -2.44. The van der Waals surface area contributed by atoms with Gasteiger partial charge in [-0.05, 0) is 56.5 Å². The molecule has 0 atom stereocenters. The molecular weight excluding hydrogens is 352 g/mol. The summed E-state index contributed by atoms with van der Waals surface area (Å²) in [5.74, 6) is 0.889. The average Bonchev–Trinajstić information content (AvgIpc) is 3.32. The summed E-state index contributed by atoms with van der Waals surface area (Å²) in [7, 11) is 0. The number of carbonyl (C=O) groups excluding carboxylic acids is 1. The molecule has 1 N–H and O–H groups in total. The Labute approximate surface area is 160 Å². The number of likely N-dealkylation sites (tertiary alicyclic amines) is 1. The Morgan fingerprint density at radius 2 is 1.96 bits per heavy atom. The van der Waals surface area contributed by atoms with Crippen LogP contribution in [0.4, 0.5) is 0 Å². The number of halogens is 1. The quantitative estimate of drug-likeness (QED) is 0.855. The molecule has 3 aliphatic heterocycles. The molecule has 1 aromatic carbocycles. The van der Waals surface area contributed by atoms with E-state index in [1.165, 1.54) is 12.8 Å². The van der Waals surface area contributed by atoms with E-state index in [9.17, 15) is 4.79 Å². The van der Waals surface area contributed by atoms with Gasteiger partial charge in [-0.25, -0.2) is 0 Å². The van der Waals surface area contributed by atoms with Gasteiger partial charge in [0.1, 0.15) is 5.75 Å². The number of hydrogen-bond acceptors (Lipinski definition) is 4. The predicted molar refractivity (Wildman–Crippen MR) is 101 cm³/mol. The molecule has 26 heavy (non-hydrogen) atoms. The minimum absolute atomic E-state index is 0.0371. The highest BCUT2D eigenvalue weighted by Crippen LogP contribution is 2.34. The number of nitrogens with zero attached hydrogens (tertiary/aromatic N) is 1. The van der Waals surface area contributed by atoms with Crippen molar-refractivity contribution in [3.8, 4) is 5.75 Å². The molecule has 5 nitrogen and oxygen atoms in total. The van der Waals surface area contributed by atoms with E-state index in [1.807, 2.05) is 12.1 Å². The number of carbonyl (C=O) groups is 1. The number of ether oxygens (including phenoxy) is 2. The Morgan fingerprint density at radius 3 is 2.73 bits per heavy atom. The predicted octanol–water partition coefficient (Wildman–Crippen LogP) is 2.58. The molecule has 0 aromatic heterocycles. The van der Waals surface area contributed by atoms with Crippen molar-refractivity contribution in [2.24, 2.45) is 0 Å². The molecule has 1 amide bonds. The monoisotopic (exact) mass is 378 g/mol. The van der Waals surface area contributed by atoms with Crippen LogP contribution in [0.15, 0.2) is 12.1 Å². The first kappa shape index (κ1) is 18.1. The maximum absolute atomic E-state index is 12.7. The molecule has 6 heteroatoms. The highest BCUT2D eigenvalue weighted by Gasteiger charge is 2.39. The van der Waals surface area contributed by atoms with Crippen LogP contribution in [-0.4, -0.2) is 55.8 Å². The van der Waals surface area contributed by atoms with Crippen molar-refractivity contribution in [1.82, 2.24) is 10.2 Å². The van der Waals surface area contributed by atoms with Crippen molar-refractivity contribution in [2.75, 3.05) is 39.5 Å². The fraction of sp³-hybridized carbons (Fsp3) is 0.650. The first-order valence-corrected chi connectivity index (χ1v) is 10.1. The van der Waals surface area contributed by atoms with E-state index in [0.717, 1.165) is 62.4 Å². The smallest absolute Gasteiger partial charge is 0.224 e. The Hall–Kier alpha value is -1.30. The minimum Gasteiger partial charge on any atom is -0.493 e. The molecule has 3 aliphatic rings. The second-order valence-corrected chi connectivity index (χ2v) is 8.07. The SMILES string of the molecule is O=C(Cc1cc(Cl)cc2c1OCC2)NCC1(N2CCCC2)CCOCC1. The molecule has 0 radical (unpaired) electrons. The normalized spacial score (nSPS) is 22.0. The summed E-state index contributed by atoms with van der Waals surface area (Å²) in [6.07, 6.45) is 5.66. The van der Waals surface area contributed by atoms with Crippen LogP contribution in [0, 0.1) is 0 Å². The van der Waals surface area contributed by atoms with Crippen molar-refractivity contribution in [2.45, 2.75) is 44.1 Å². The van der Waals surface area contributed by atoms with E-state index >= 15 is 0 Å². The first-order chi connectivity index (χ1) is 12.7. The van der Waals surface area contributed by atoms with Gasteiger partial charge < -0.3 is 14.8 Å². The minimum atomic E-state index is 0.0371. The van der Waals surface area contributed by atoms with Crippen LogP contribution in [0.2, 0.25) is 5.02 Å². The number of amides is 1. The number of rotatable bonds is 5. The molecule has 2 saturated heterocycles. The summed E-state index contributed by atoms with van der Waals surface area (Å²) in [5.41, 5.74) is 2.06. The van der Waals surface area contributed by atoms with Gasteiger partial charge in [0.15, 0.2) is 0 Å². The summed E-state index contributed by atoms with van der Waals surface area (Å²) < 4.78 is 11.3. The Bertz CT molecular complexity index is 667. The molecule has 142 valence electrons. The molecule has 0 aliphatic carbocycles. The van der Waals surface area contributed by atoms with Gasteiger partial charge in [0, 0.05) is 42.3 Å². The van der Waals surface area contributed by atoms with Gasteiger partial charge in [0.2, 0.25) is 5.91 Å². The van der Waals surface area contributed by atoms with E-state index < -0.39 is 0 Å². The van der Waals surface area contributed by atoms with Crippen LogP contribution in [0.5, 0.6) is 5.75 Å². The largest absolute Gasteiger partial charge is 0.493 e. The lowest BCUT2D eigenvalue weighted by atomic mass is 9.88. The van der Waals surface area contributed by atoms with Crippen molar-refractivity contribution in [3.05, 3.63) is 28.3 Å². The third-order valence-electron chi connectivity index (χ3n) is 5.99. The second kappa shape index (κ2) is 7.75. The van der Waals surface area contributed by atoms with Gasteiger partial charge in [-0.15, -0.1) is 0 Å². The van der Waals surface area contributed by atoms with Gasteiger partial charge in [0.05, 0.1) is 13.0 Å². The van der Waals surface area contributed by atoms with Crippen LogP contribution in [0.1, 0.15) is 36.8 Å². The van der Waals surface area contributed by atoms with Crippen LogP contribution < -0.4 is 10.1 Å². The topological polar surface area (TPSA) is 50.8 Å². The number of nitrogens with one attached hydrogen (secondary N) is 1. The summed E-state index contributed by atoms with van der Waals surface area (Å²) in [6, 6.07) is 3.80. The van der Waals surface area contributed by atoms with Gasteiger partial charge in [0.25, 0.3) is 0 Å². The van der Waals surface area contributed by atoms with E-state index in [4.69, 9.17) is 21.1 Å². The van der Waals surface area contributed by atoms with Crippen LogP contribution in [0.25, 0.3) is 0 Å². The van der Waals surface area contributed by atoms with E-state index in [0.29, 0.717) is 24.6 Å². The maximum Gasteiger partial charge on any atom is 0.224 e. The summed E-state index contributed by atoms with van der Waals surface area (Å²) in [4.78, 5) is 15.2. The summed E-state index contributed by atoms with van der Waals surface area (Å²) in [5, 5.41) is 3.87. The van der Waals surface area contributed by atoms with Crippen molar-refractivity contribution >= 4 is 17.5 Å². The molecule has 1 aromatic rings. The van der Waals surface area contributed by atoms with Gasteiger partial charge in [-0.2, -0.15) is 0 Å². The van der Waals surface area contributed by atoms with Crippen molar-refractivity contribution < 1.29 is 14.3 Å². The molecular formula is C20H27ClN2O3. The van der Waals surface area contributed by atoms with Crippen molar-refractivity contribution in [3.63, 3.8) is 0 Å². The first-order valence-electron chi connectivity index (χ1n) is 9.70. The van der Waals surface area contributed by atoms with Gasteiger partial charge in [-0.1, -0.05) is 11.6 Å². The second-order valence-electron chi connectivity index (χ2n) is 7.64. The van der Waals surface area contributed by atoms with Crippen molar-refractivity contribution in [1.29, 1.82) is 0 Å². The molecule has 0 spiro atoms. The lowest BCUT2D eigenvalue weighted by molar-refractivity contribution is -0.121. The zero-order valence-electron chi connectivity index (χ0n) is 15.2. The Morgan fingerprint density at radius 1 is 1.19 bits per heavy atom. The summed E-state index contributed by atoms with van der Waals surface area (Å²) >= 11 is 6.21. The Kier molecular flexibility index (Phi) is 5.39. The zero-order chi connectivity index (χ0) is 18.0. The fourth-order valence-electron chi connectivity index (χ4n) is 4.52. The molecule has 0 bridgehead atoms. The van der Waals surface area contributed by atoms with E-state index in [-0.39, 0.29) is 11.4 Å². The van der Waals surface area contributed by atoms with Crippen LogP contribution in [-0.2, 0) is 22.4 Å². The van der Waals surface area contributed by atoms with Gasteiger partial charge in [-0.3, -0.25) is 9.69 Å². The highest BCUT2D eigenvalue weighted by atomic mass is 35.5. The average molecular weight is 379 g/mol. The summed E-state index contributed by atoms with van der Waals surface area (Å²) in [6.45, 7) is 5.18. The molecule has 2 fully saturated rings. The maximum atomic E-state index is 12.7. The standard InChI is InChI=1S/C20H27ClN2O3/c21-17-11-15-3-8-26-19(15)16(12-17)13-18(24)22-14-20(4-9-25-10-5-20)23-6-1-2-7-23/h11-12H,1-10,13-14H2,(H,22,24). The number of hydrogen-bond donors (Lipinski definition) is 1. The third-order valence-corrected chi connectivity index (χ3v) is 6.21. The van der Waals surface area contributed by atoms with E-state index in [2.05, 4.69) is 10.2 Å². The third kappa shape index (κ3) is 3.71. The number of benzene rings is 1. The molecule has 3 heterocycles. The molecule has 0 saturated carbocycles. The van der Waals surface area contributed by atoms with Crippen LogP contribution in [0.3, 0.4) is 0 Å². The van der Waals surface area contributed by atoms with E-state index in [1.54, 1.807) is 0 Å². The fourth-order valence-corrected chi connectivity index (χ4v) is 4.79. The zero-order valence-corrected chi connectivity index (χ0v) is 15.9. The lowest BCUT2D eigenvalue weighted by Crippen LogP contribution is -2.57.